The molecule has 0 aliphatic carbocycles. The number of hydrogen-bond donors (Lipinski definition) is 3. The highest BCUT2D eigenvalue weighted by Gasteiger charge is 2.30. The van der Waals surface area contributed by atoms with Gasteiger partial charge in [-0.15, -0.1) is 12.4 Å². The van der Waals surface area contributed by atoms with E-state index in [-0.39, 0.29) is 24.4 Å². The van der Waals surface area contributed by atoms with Crippen molar-refractivity contribution >= 4 is 51.7 Å². The lowest BCUT2D eigenvalue weighted by atomic mass is 10.1. The van der Waals surface area contributed by atoms with Gasteiger partial charge in [0.05, 0.1) is 16.8 Å². The summed E-state index contributed by atoms with van der Waals surface area (Å²) in [5.74, 6) is 0.222. The SMILES string of the molecule is Cl.NC[C@H]1CC[C@@H](C(=O)Nc2cc(-c3cc(Br)ccc3Cl)[nH]n2)O1. The monoisotopic (exact) mass is 434 g/mol. The highest BCUT2D eigenvalue weighted by molar-refractivity contribution is 9.10. The lowest BCUT2D eigenvalue weighted by Gasteiger charge is -2.11. The zero-order valence-electron chi connectivity index (χ0n) is 12.6. The summed E-state index contributed by atoms with van der Waals surface area (Å²) in [6.07, 6.45) is 0.954. The first-order chi connectivity index (χ1) is 11.1. The van der Waals surface area contributed by atoms with E-state index in [1.165, 1.54) is 0 Å². The maximum atomic E-state index is 12.2. The van der Waals surface area contributed by atoms with Crippen LogP contribution in [0.1, 0.15) is 12.8 Å². The first kappa shape index (κ1) is 19.2. The van der Waals surface area contributed by atoms with Crippen LogP contribution in [0.15, 0.2) is 28.7 Å². The average Bonchev–Trinajstić information content (AvgIpc) is 3.18. The molecule has 130 valence electrons. The van der Waals surface area contributed by atoms with E-state index in [9.17, 15) is 4.79 Å². The Morgan fingerprint density at radius 2 is 2.25 bits per heavy atom. The van der Waals surface area contributed by atoms with E-state index < -0.39 is 6.10 Å². The smallest absolute Gasteiger partial charge is 0.254 e. The number of rotatable bonds is 4. The Bertz CT molecular complexity index is 725. The molecule has 0 spiro atoms. The number of aromatic nitrogens is 2. The fourth-order valence-electron chi connectivity index (χ4n) is 2.51. The number of benzene rings is 1. The fourth-order valence-corrected chi connectivity index (χ4v) is 3.09. The Hall–Kier alpha value is -1.12. The number of H-pyrrole nitrogens is 1. The Balaban J connectivity index is 0.00000208. The summed E-state index contributed by atoms with van der Waals surface area (Å²) >= 11 is 9.60. The third-order valence-electron chi connectivity index (χ3n) is 3.71. The molecule has 2 atom stereocenters. The predicted molar refractivity (Wildman–Crippen MR) is 99.6 cm³/mol. The van der Waals surface area contributed by atoms with Gasteiger partial charge in [-0.2, -0.15) is 5.10 Å². The van der Waals surface area contributed by atoms with Gasteiger partial charge in [0, 0.05) is 22.6 Å². The van der Waals surface area contributed by atoms with Crippen molar-refractivity contribution in [3.05, 3.63) is 33.8 Å². The van der Waals surface area contributed by atoms with Crippen LogP contribution in [-0.2, 0) is 9.53 Å². The van der Waals surface area contributed by atoms with Gasteiger partial charge >= 0.3 is 0 Å². The molecule has 24 heavy (non-hydrogen) atoms. The number of nitrogens with two attached hydrogens (primary N) is 1. The van der Waals surface area contributed by atoms with Crippen LogP contribution in [0.4, 0.5) is 5.82 Å². The standard InChI is InChI=1S/C15H16BrClN4O2.ClH/c16-8-1-3-11(17)10(5-8)12-6-14(21-20-12)19-15(22)13-4-2-9(7-18)23-13;/h1,3,5-6,9,13H,2,4,7,18H2,(H2,19,20,21,22);1H/t9-,13+;/m1./s1. The zero-order valence-corrected chi connectivity index (χ0v) is 15.7. The summed E-state index contributed by atoms with van der Waals surface area (Å²) in [5, 5.41) is 10.3. The number of nitrogens with one attached hydrogen (secondary N) is 2. The molecule has 1 fully saturated rings. The van der Waals surface area contributed by atoms with Gasteiger partial charge in [0.1, 0.15) is 6.10 Å². The number of aromatic amines is 1. The van der Waals surface area contributed by atoms with Gasteiger partial charge in [0.15, 0.2) is 5.82 Å². The van der Waals surface area contributed by atoms with Gasteiger partial charge in [-0.1, -0.05) is 27.5 Å². The fraction of sp³-hybridized carbons (Fsp3) is 0.333. The van der Waals surface area contributed by atoms with Crippen molar-refractivity contribution in [2.75, 3.05) is 11.9 Å². The van der Waals surface area contributed by atoms with Crippen molar-refractivity contribution in [1.29, 1.82) is 0 Å². The average molecular weight is 436 g/mol. The second kappa shape index (κ2) is 8.31. The molecule has 0 bridgehead atoms. The second-order valence-electron chi connectivity index (χ2n) is 5.34. The van der Waals surface area contributed by atoms with Crippen LogP contribution in [0.5, 0.6) is 0 Å². The number of anilines is 1. The molecule has 3 rings (SSSR count). The molecule has 1 saturated heterocycles. The highest BCUT2D eigenvalue weighted by atomic mass is 79.9. The molecule has 9 heteroatoms. The third kappa shape index (κ3) is 4.29. The first-order valence-corrected chi connectivity index (χ1v) is 8.41. The van der Waals surface area contributed by atoms with Crippen LogP contribution in [0.2, 0.25) is 5.02 Å². The second-order valence-corrected chi connectivity index (χ2v) is 6.66. The molecule has 0 unspecified atom stereocenters. The van der Waals surface area contributed by atoms with Gasteiger partial charge in [-0.05, 0) is 31.0 Å². The normalized spacial score (nSPS) is 19.8. The van der Waals surface area contributed by atoms with Crippen LogP contribution >= 0.6 is 39.9 Å². The van der Waals surface area contributed by atoms with Crippen molar-refractivity contribution in [1.82, 2.24) is 10.2 Å². The number of nitrogens with zero attached hydrogens (tertiary/aromatic N) is 1. The molecule has 1 aliphatic rings. The van der Waals surface area contributed by atoms with E-state index in [2.05, 4.69) is 31.4 Å². The number of hydrogen-bond acceptors (Lipinski definition) is 4. The minimum atomic E-state index is -0.474. The van der Waals surface area contributed by atoms with Crippen LogP contribution in [0.25, 0.3) is 11.3 Å². The molecule has 0 saturated carbocycles. The van der Waals surface area contributed by atoms with Gasteiger partial charge in [-0.3, -0.25) is 9.89 Å². The zero-order chi connectivity index (χ0) is 16.4. The summed E-state index contributed by atoms with van der Waals surface area (Å²) < 4.78 is 6.48. The number of ether oxygens (including phenoxy) is 1. The number of amides is 1. The van der Waals surface area contributed by atoms with Crippen LogP contribution in [0, 0.1) is 0 Å². The van der Waals surface area contributed by atoms with Gasteiger partial charge in [0.2, 0.25) is 0 Å². The maximum Gasteiger partial charge on any atom is 0.254 e. The minimum absolute atomic E-state index is 0. The van der Waals surface area contributed by atoms with E-state index in [0.29, 0.717) is 23.8 Å². The van der Waals surface area contributed by atoms with Crippen LogP contribution in [-0.4, -0.2) is 34.9 Å². The van der Waals surface area contributed by atoms with Gasteiger partial charge < -0.3 is 15.8 Å². The molecule has 6 nitrogen and oxygen atoms in total. The quantitative estimate of drug-likeness (QED) is 0.686. The maximum absolute atomic E-state index is 12.2. The number of carbonyl (C=O) groups is 1. The molecule has 1 aliphatic heterocycles. The van der Waals surface area contributed by atoms with Crippen molar-refractivity contribution in [2.24, 2.45) is 5.73 Å². The molecule has 1 aromatic carbocycles. The third-order valence-corrected chi connectivity index (χ3v) is 4.53. The number of carbonyl (C=O) groups excluding carboxylic acids is 1. The Morgan fingerprint density at radius 1 is 1.46 bits per heavy atom. The van der Waals surface area contributed by atoms with E-state index >= 15 is 0 Å². The first-order valence-electron chi connectivity index (χ1n) is 7.24. The van der Waals surface area contributed by atoms with Crippen molar-refractivity contribution in [3.8, 4) is 11.3 Å². The molecular weight excluding hydrogens is 419 g/mol. The van der Waals surface area contributed by atoms with E-state index in [1.807, 2.05) is 12.1 Å². The summed E-state index contributed by atoms with van der Waals surface area (Å²) in [5.41, 5.74) is 7.07. The largest absolute Gasteiger partial charge is 0.364 e. The molecule has 1 aromatic heterocycles. The minimum Gasteiger partial charge on any atom is -0.364 e. The van der Waals surface area contributed by atoms with Crippen LogP contribution < -0.4 is 11.1 Å². The van der Waals surface area contributed by atoms with E-state index in [0.717, 1.165) is 22.2 Å². The molecule has 0 radical (unpaired) electrons. The van der Waals surface area contributed by atoms with Crippen molar-refractivity contribution < 1.29 is 9.53 Å². The van der Waals surface area contributed by atoms with Crippen molar-refractivity contribution in [2.45, 2.75) is 25.0 Å². The van der Waals surface area contributed by atoms with Crippen molar-refractivity contribution in [3.63, 3.8) is 0 Å². The predicted octanol–water partition coefficient (Wildman–Crippen LogP) is 3.36. The molecule has 2 heterocycles. The van der Waals surface area contributed by atoms with Crippen LogP contribution in [0.3, 0.4) is 0 Å². The highest BCUT2D eigenvalue weighted by Crippen LogP contribution is 2.30. The molecule has 2 aromatic rings. The van der Waals surface area contributed by atoms with E-state index in [1.54, 1.807) is 12.1 Å². The lowest BCUT2D eigenvalue weighted by molar-refractivity contribution is -0.126. The molecule has 4 N–H and O–H groups in total. The Kier molecular flexibility index (Phi) is 6.65. The Morgan fingerprint density at radius 3 is 2.96 bits per heavy atom. The summed E-state index contributed by atoms with van der Waals surface area (Å²) in [7, 11) is 0. The topological polar surface area (TPSA) is 93.0 Å². The number of halogens is 3. The Labute approximate surface area is 159 Å². The summed E-state index contributed by atoms with van der Waals surface area (Å²) in [6, 6.07) is 7.27. The summed E-state index contributed by atoms with van der Waals surface area (Å²) in [6.45, 7) is 0.428. The summed E-state index contributed by atoms with van der Waals surface area (Å²) in [4.78, 5) is 12.2. The lowest BCUT2D eigenvalue weighted by Crippen LogP contribution is -2.29. The van der Waals surface area contributed by atoms with E-state index in [4.69, 9.17) is 22.1 Å². The van der Waals surface area contributed by atoms with Gasteiger partial charge in [-0.25, -0.2) is 0 Å². The molecule has 1 amide bonds. The van der Waals surface area contributed by atoms with Gasteiger partial charge in [0.25, 0.3) is 5.91 Å². The molecular formula is C15H17BrCl2N4O2.